The lowest BCUT2D eigenvalue weighted by Crippen LogP contribution is -2.37. The van der Waals surface area contributed by atoms with Gasteiger partial charge in [-0.2, -0.15) is 0 Å². The first-order valence-corrected chi connectivity index (χ1v) is 10.8. The topological polar surface area (TPSA) is 84.4 Å². The quantitative estimate of drug-likeness (QED) is 0.794. The van der Waals surface area contributed by atoms with Crippen LogP contribution in [0.25, 0.3) is 0 Å². The van der Waals surface area contributed by atoms with Gasteiger partial charge >= 0.3 is 0 Å². The van der Waals surface area contributed by atoms with E-state index in [1.54, 1.807) is 31.7 Å². The Kier molecular flexibility index (Phi) is 6.56. The zero-order valence-electron chi connectivity index (χ0n) is 17.6. The molecule has 0 radical (unpaired) electrons. The van der Waals surface area contributed by atoms with Gasteiger partial charge in [0.25, 0.3) is 5.91 Å². The van der Waals surface area contributed by atoms with Crippen LogP contribution in [0.5, 0.6) is 0 Å². The van der Waals surface area contributed by atoms with Gasteiger partial charge in [0, 0.05) is 37.3 Å². The summed E-state index contributed by atoms with van der Waals surface area (Å²) in [6.45, 7) is 0.489. The monoisotopic (exact) mass is 426 g/mol. The summed E-state index contributed by atoms with van der Waals surface area (Å²) in [7, 11) is 1.56. The maximum absolute atomic E-state index is 14.3. The predicted octanol–water partition coefficient (Wildman–Crippen LogP) is 3.23. The van der Waals surface area contributed by atoms with E-state index in [2.05, 4.69) is 15.3 Å². The molecule has 1 saturated carbocycles. The van der Waals surface area contributed by atoms with Gasteiger partial charge in [0.15, 0.2) is 0 Å². The highest BCUT2D eigenvalue weighted by Crippen LogP contribution is 2.36. The molecule has 2 heterocycles. The van der Waals surface area contributed by atoms with Gasteiger partial charge in [-0.05, 0) is 61.8 Å². The summed E-state index contributed by atoms with van der Waals surface area (Å²) >= 11 is 0. The van der Waals surface area contributed by atoms with Crippen LogP contribution >= 0.6 is 0 Å². The Bertz CT molecular complexity index is 932. The summed E-state index contributed by atoms with van der Waals surface area (Å²) in [4.78, 5) is 39.0. The van der Waals surface area contributed by atoms with Crippen LogP contribution in [0.3, 0.4) is 0 Å². The molecule has 1 aliphatic heterocycles. The molecule has 1 saturated heterocycles. The molecule has 4 rings (SSSR count). The minimum absolute atomic E-state index is 0.000558. The van der Waals surface area contributed by atoms with Crippen molar-refractivity contribution < 1.29 is 18.8 Å². The van der Waals surface area contributed by atoms with Crippen molar-refractivity contribution in [2.24, 2.45) is 11.8 Å². The van der Waals surface area contributed by atoms with Gasteiger partial charge in [0.1, 0.15) is 11.9 Å². The Balaban J connectivity index is 1.36. The fraction of sp³-hybridized carbons (Fsp3) is 0.478. The fourth-order valence-electron chi connectivity index (χ4n) is 4.56. The summed E-state index contributed by atoms with van der Waals surface area (Å²) in [5.41, 5.74) is 1.76. The third-order valence-corrected chi connectivity index (χ3v) is 6.29. The van der Waals surface area contributed by atoms with Gasteiger partial charge in [0.2, 0.25) is 5.91 Å². The van der Waals surface area contributed by atoms with Crippen molar-refractivity contribution in [1.29, 1.82) is 0 Å². The molecule has 7 nitrogen and oxygen atoms in total. The van der Waals surface area contributed by atoms with Crippen LogP contribution in [0.4, 0.5) is 4.39 Å². The molecular weight excluding hydrogens is 399 g/mol. The third kappa shape index (κ3) is 4.74. The number of carbonyl (C=O) groups is 2. The average Bonchev–Trinajstić information content (AvgIpc) is 3.30. The Morgan fingerprint density at radius 1 is 1.19 bits per heavy atom. The SMILES string of the molecule is CNC(=O)c1ccc(F)c(C[C@H]2CC[C@H](C(=O)N3OCC[C@H]3c3cnccn3)CC2)c1. The highest BCUT2D eigenvalue weighted by molar-refractivity contribution is 5.94. The number of amides is 2. The Morgan fingerprint density at radius 3 is 2.71 bits per heavy atom. The van der Waals surface area contributed by atoms with Crippen LogP contribution in [-0.2, 0) is 16.1 Å². The lowest BCUT2D eigenvalue weighted by Gasteiger charge is -2.31. The van der Waals surface area contributed by atoms with Crippen molar-refractivity contribution in [3.8, 4) is 0 Å². The van der Waals surface area contributed by atoms with E-state index in [4.69, 9.17) is 4.84 Å². The number of carbonyl (C=O) groups excluding carboxylic acids is 2. The molecule has 2 amide bonds. The molecular formula is C23H27FN4O3. The highest BCUT2D eigenvalue weighted by atomic mass is 19.1. The molecule has 1 atom stereocenters. The van der Waals surface area contributed by atoms with Crippen LogP contribution < -0.4 is 5.32 Å². The second-order valence-electron chi connectivity index (χ2n) is 8.24. The van der Waals surface area contributed by atoms with Gasteiger partial charge in [-0.1, -0.05) is 0 Å². The van der Waals surface area contributed by atoms with Crippen molar-refractivity contribution in [2.45, 2.75) is 44.6 Å². The van der Waals surface area contributed by atoms with E-state index in [9.17, 15) is 14.0 Å². The van der Waals surface area contributed by atoms with Gasteiger partial charge in [-0.25, -0.2) is 9.45 Å². The van der Waals surface area contributed by atoms with Crippen LogP contribution in [0.1, 0.15) is 59.8 Å². The number of hydrogen-bond donors (Lipinski definition) is 1. The molecule has 31 heavy (non-hydrogen) atoms. The minimum atomic E-state index is -0.289. The molecule has 1 aliphatic carbocycles. The van der Waals surface area contributed by atoms with E-state index in [0.717, 1.165) is 31.4 Å². The Hall–Kier alpha value is -2.87. The van der Waals surface area contributed by atoms with Gasteiger partial charge < -0.3 is 5.32 Å². The first-order chi connectivity index (χ1) is 15.1. The van der Waals surface area contributed by atoms with Crippen molar-refractivity contribution in [3.63, 3.8) is 0 Å². The van der Waals surface area contributed by atoms with E-state index < -0.39 is 0 Å². The Morgan fingerprint density at radius 2 is 2.00 bits per heavy atom. The zero-order chi connectivity index (χ0) is 21.8. The number of aromatic nitrogens is 2. The van der Waals surface area contributed by atoms with Crippen LogP contribution in [0.15, 0.2) is 36.8 Å². The smallest absolute Gasteiger partial charge is 0.251 e. The average molecular weight is 426 g/mol. The number of rotatable bonds is 5. The van der Waals surface area contributed by atoms with Crippen molar-refractivity contribution in [3.05, 3.63) is 59.4 Å². The molecule has 1 aromatic carbocycles. The molecule has 0 spiro atoms. The summed E-state index contributed by atoms with van der Waals surface area (Å²) in [5.74, 6) is -0.328. The summed E-state index contributed by atoms with van der Waals surface area (Å²) < 4.78 is 14.3. The molecule has 2 fully saturated rings. The van der Waals surface area contributed by atoms with Crippen molar-refractivity contribution in [2.75, 3.05) is 13.7 Å². The molecule has 0 bridgehead atoms. The van der Waals surface area contributed by atoms with Crippen molar-refractivity contribution >= 4 is 11.8 Å². The summed E-state index contributed by atoms with van der Waals surface area (Å²) in [6.07, 6.45) is 9.35. The second kappa shape index (κ2) is 9.51. The van der Waals surface area contributed by atoms with E-state index in [-0.39, 0.29) is 35.5 Å². The normalized spacial score (nSPS) is 23.5. The van der Waals surface area contributed by atoms with Gasteiger partial charge in [-0.15, -0.1) is 0 Å². The summed E-state index contributed by atoms with van der Waals surface area (Å²) in [5, 5.41) is 4.06. The lowest BCUT2D eigenvalue weighted by atomic mass is 9.78. The molecule has 0 unspecified atom stereocenters. The number of hydrogen-bond acceptors (Lipinski definition) is 5. The van der Waals surface area contributed by atoms with Crippen LogP contribution in [0.2, 0.25) is 0 Å². The molecule has 2 aromatic rings. The van der Waals surface area contributed by atoms with Crippen LogP contribution in [-0.4, -0.2) is 40.5 Å². The highest BCUT2D eigenvalue weighted by Gasteiger charge is 2.38. The first kappa shape index (κ1) is 21.4. The lowest BCUT2D eigenvalue weighted by molar-refractivity contribution is -0.183. The number of nitrogens with one attached hydrogen (secondary N) is 1. The van der Waals surface area contributed by atoms with E-state index in [0.29, 0.717) is 30.6 Å². The number of nitrogens with zero attached hydrogens (tertiary/aromatic N) is 3. The maximum Gasteiger partial charge on any atom is 0.251 e. The third-order valence-electron chi connectivity index (χ3n) is 6.29. The zero-order valence-corrected chi connectivity index (χ0v) is 17.6. The van der Waals surface area contributed by atoms with Gasteiger partial charge in [0.05, 0.1) is 18.5 Å². The van der Waals surface area contributed by atoms with Gasteiger partial charge in [-0.3, -0.25) is 24.4 Å². The number of benzene rings is 1. The Labute approximate surface area is 181 Å². The maximum atomic E-state index is 14.3. The van der Waals surface area contributed by atoms with Crippen LogP contribution in [0, 0.1) is 17.7 Å². The fourth-order valence-corrected chi connectivity index (χ4v) is 4.56. The predicted molar refractivity (Wildman–Crippen MR) is 111 cm³/mol. The molecule has 2 aliphatic rings. The first-order valence-electron chi connectivity index (χ1n) is 10.8. The number of halogens is 1. The molecule has 164 valence electrons. The van der Waals surface area contributed by atoms with E-state index in [1.807, 2.05) is 0 Å². The molecule has 1 N–H and O–H groups in total. The second-order valence-corrected chi connectivity index (χ2v) is 8.24. The largest absolute Gasteiger partial charge is 0.355 e. The minimum Gasteiger partial charge on any atom is -0.355 e. The van der Waals surface area contributed by atoms with E-state index in [1.165, 1.54) is 17.2 Å². The summed E-state index contributed by atoms with van der Waals surface area (Å²) in [6, 6.07) is 4.29. The molecule has 1 aromatic heterocycles. The van der Waals surface area contributed by atoms with E-state index >= 15 is 0 Å². The standard InChI is InChI=1S/C23H27FN4O3/c1-25-22(29)17-6-7-19(24)18(13-17)12-15-2-4-16(5-3-15)23(30)28-21(8-11-31-28)20-14-26-9-10-27-20/h6-7,9-10,13-16,21H,2-5,8,11-12H2,1H3,(H,25,29)/t15-,16-,21-/m0/s1. The molecule has 8 heteroatoms. The van der Waals surface area contributed by atoms with Crippen molar-refractivity contribution in [1.82, 2.24) is 20.3 Å². The number of hydroxylamine groups is 2.